The number of phenols is 1. The first-order chi connectivity index (χ1) is 15.8. The van der Waals surface area contributed by atoms with E-state index in [1.807, 2.05) is 19.2 Å². The topological polar surface area (TPSA) is 116 Å². The van der Waals surface area contributed by atoms with Crippen molar-refractivity contribution >= 4 is 35.7 Å². The first-order valence-corrected chi connectivity index (χ1v) is 10.2. The van der Waals surface area contributed by atoms with E-state index in [1.165, 1.54) is 21.3 Å². The van der Waals surface area contributed by atoms with E-state index in [0.29, 0.717) is 23.3 Å². The maximum Gasteiger partial charge on any atom is 0.341 e. The molecule has 0 aliphatic carbocycles. The van der Waals surface area contributed by atoms with Crippen LogP contribution in [0.2, 0.25) is 0 Å². The Morgan fingerprint density at radius 2 is 1.39 bits per heavy atom. The number of benzene rings is 2. The molecule has 0 aromatic heterocycles. The molecule has 0 atom stereocenters. The Kier molecular flexibility index (Phi) is 7.44. The minimum Gasteiger partial charge on any atom is -0.507 e. The number of aromatic hydroxyl groups is 1. The Hall–Kier alpha value is -3.72. The van der Waals surface area contributed by atoms with E-state index >= 15 is 0 Å². The number of rotatable bonds is 5. The molecule has 33 heavy (non-hydrogen) atoms. The molecule has 9 nitrogen and oxygen atoms in total. The van der Waals surface area contributed by atoms with Crippen LogP contribution in [0.15, 0.2) is 22.1 Å². The minimum atomic E-state index is -0.532. The van der Waals surface area contributed by atoms with Gasteiger partial charge in [-0.15, -0.1) is 0 Å². The maximum absolute atomic E-state index is 11.8. The summed E-state index contributed by atoms with van der Waals surface area (Å²) in [5.41, 5.74) is 5.66. The summed E-state index contributed by atoms with van der Waals surface area (Å²) < 4.78 is 19.7. The molecule has 0 saturated carbocycles. The molecular formula is C24H26N2O7. The molecule has 0 bridgehead atoms. The molecule has 0 radical (unpaired) electrons. The van der Waals surface area contributed by atoms with Gasteiger partial charge in [-0.05, 0) is 48.2 Å². The fraction of sp³-hybridized carbons (Fsp3) is 0.333. The number of methoxy groups -OCH3 is 3. The zero-order chi connectivity index (χ0) is 24.1. The molecule has 9 heteroatoms. The Balaban J connectivity index is 0.000000189. The number of esters is 2. The van der Waals surface area contributed by atoms with Crippen molar-refractivity contribution in [2.75, 3.05) is 28.1 Å². The molecule has 174 valence electrons. The number of hydrogen-bond donors (Lipinski definition) is 1. The zero-order valence-corrected chi connectivity index (χ0v) is 19.2. The van der Waals surface area contributed by atoms with Crippen molar-refractivity contribution < 1.29 is 33.6 Å². The Labute approximate surface area is 191 Å². The molecular weight excluding hydrogens is 428 g/mol. The van der Waals surface area contributed by atoms with Crippen LogP contribution in [0, 0.1) is 13.8 Å². The summed E-state index contributed by atoms with van der Waals surface area (Å²) in [5.74, 6) is -0.521. The lowest BCUT2D eigenvalue weighted by Gasteiger charge is -2.14. The SMILES string of the molecule is COC(=O)c1c(O)cc2c(c1C)N=CC2.COCOc1cc2c(c(C)c1C(=O)OC)N=CC2. The number of nitrogens with zero attached hydrogens (tertiary/aromatic N) is 2. The highest BCUT2D eigenvalue weighted by molar-refractivity contribution is 5.98. The maximum atomic E-state index is 11.8. The van der Waals surface area contributed by atoms with Gasteiger partial charge >= 0.3 is 11.9 Å². The van der Waals surface area contributed by atoms with E-state index in [9.17, 15) is 14.7 Å². The van der Waals surface area contributed by atoms with Crippen LogP contribution < -0.4 is 4.74 Å². The molecule has 0 unspecified atom stereocenters. The minimum absolute atomic E-state index is 0.0383. The molecule has 1 N–H and O–H groups in total. The van der Waals surface area contributed by atoms with Crippen molar-refractivity contribution in [1.82, 2.24) is 0 Å². The van der Waals surface area contributed by atoms with Crippen molar-refractivity contribution in [2.45, 2.75) is 26.7 Å². The van der Waals surface area contributed by atoms with Gasteiger partial charge in [0.2, 0.25) is 0 Å². The average Bonchev–Trinajstić information content (AvgIpc) is 3.47. The van der Waals surface area contributed by atoms with Crippen LogP contribution >= 0.6 is 0 Å². The van der Waals surface area contributed by atoms with Gasteiger partial charge in [0.1, 0.15) is 22.6 Å². The van der Waals surface area contributed by atoms with Gasteiger partial charge in [0, 0.05) is 32.4 Å². The standard InChI is InChI=1S/C13H15NO4.C11H11NO3/c1-8-11(13(15)17-3)10(18-7-16-2)6-9-4-5-14-12(8)9;1-6-9(11(14)15-2)8(13)5-7-3-4-12-10(6)7/h5-6H,4,7H2,1-3H3;4-5,13H,3H2,1-2H3. The van der Waals surface area contributed by atoms with Crippen LogP contribution in [-0.2, 0) is 27.1 Å². The van der Waals surface area contributed by atoms with Gasteiger partial charge in [0.15, 0.2) is 6.79 Å². The molecule has 4 rings (SSSR count). The van der Waals surface area contributed by atoms with Crippen molar-refractivity contribution in [2.24, 2.45) is 9.98 Å². The summed E-state index contributed by atoms with van der Waals surface area (Å²) in [5, 5.41) is 9.70. The van der Waals surface area contributed by atoms with Crippen molar-refractivity contribution in [3.63, 3.8) is 0 Å². The van der Waals surface area contributed by atoms with Crippen LogP contribution in [-0.4, -0.2) is 57.6 Å². The number of aliphatic imine (C=N–C) groups is 2. The summed E-state index contributed by atoms with van der Waals surface area (Å²) in [7, 11) is 4.16. The molecule has 0 amide bonds. The van der Waals surface area contributed by atoms with Crippen LogP contribution in [0.4, 0.5) is 11.4 Å². The lowest BCUT2D eigenvalue weighted by atomic mass is 10.0. The second kappa shape index (κ2) is 10.3. The highest BCUT2D eigenvalue weighted by atomic mass is 16.7. The van der Waals surface area contributed by atoms with E-state index in [2.05, 4.69) is 14.7 Å². The third kappa shape index (κ3) is 4.73. The van der Waals surface area contributed by atoms with Crippen LogP contribution in [0.25, 0.3) is 0 Å². The first kappa shape index (κ1) is 23.9. The third-order valence-corrected chi connectivity index (χ3v) is 5.36. The smallest absolute Gasteiger partial charge is 0.341 e. The predicted molar refractivity (Wildman–Crippen MR) is 123 cm³/mol. The zero-order valence-electron chi connectivity index (χ0n) is 19.2. The van der Waals surface area contributed by atoms with Crippen LogP contribution in [0.5, 0.6) is 11.5 Å². The molecule has 2 aromatic carbocycles. The van der Waals surface area contributed by atoms with Gasteiger partial charge in [-0.3, -0.25) is 9.98 Å². The fourth-order valence-electron chi connectivity index (χ4n) is 3.79. The highest BCUT2D eigenvalue weighted by Gasteiger charge is 2.24. The van der Waals surface area contributed by atoms with Gasteiger partial charge in [-0.25, -0.2) is 9.59 Å². The van der Waals surface area contributed by atoms with E-state index in [4.69, 9.17) is 14.2 Å². The normalized spacial score (nSPS) is 12.5. The number of phenolic OH excluding ortho intramolecular Hbond substituents is 1. The Bertz CT molecular complexity index is 1150. The second-order valence-corrected chi connectivity index (χ2v) is 7.35. The lowest BCUT2D eigenvalue weighted by Crippen LogP contribution is -2.10. The van der Waals surface area contributed by atoms with E-state index in [-0.39, 0.29) is 18.1 Å². The Morgan fingerprint density at radius 1 is 0.879 bits per heavy atom. The average molecular weight is 454 g/mol. The third-order valence-electron chi connectivity index (χ3n) is 5.36. The predicted octanol–water partition coefficient (Wildman–Crippen LogP) is 3.77. The molecule has 2 aliphatic rings. The van der Waals surface area contributed by atoms with Gasteiger partial charge in [-0.1, -0.05) is 0 Å². The quantitative estimate of drug-likeness (QED) is 0.540. The number of carbonyl (C=O) groups excluding carboxylic acids is 2. The molecule has 0 saturated heterocycles. The number of hydrogen-bond acceptors (Lipinski definition) is 9. The van der Waals surface area contributed by atoms with Crippen molar-refractivity contribution in [3.05, 3.63) is 45.5 Å². The van der Waals surface area contributed by atoms with Crippen molar-refractivity contribution in [3.8, 4) is 11.5 Å². The monoisotopic (exact) mass is 454 g/mol. The van der Waals surface area contributed by atoms with Crippen LogP contribution in [0.1, 0.15) is 43.0 Å². The molecule has 0 spiro atoms. The largest absolute Gasteiger partial charge is 0.507 e. The second-order valence-electron chi connectivity index (χ2n) is 7.35. The summed E-state index contributed by atoms with van der Waals surface area (Å²) in [6.45, 7) is 3.68. The summed E-state index contributed by atoms with van der Waals surface area (Å²) in [6.07, 6.45) is 5.03. The molecule has 0 fully saturated rings. The van der Waals surface area contributed by atoms with Gasteiger partial charge in [0.25, 0.3) is 0 Å². The first-order valence-electron chi connectivity index (χ1n) is 10.2. The molecule has 2 aromatic rings. The van der Waals surface area contributed by atoms with Gasteiger partial charge < -0.3 is 24.1 Å². The highest BCUT2D eigenvalue weighted by Crippen LogP contribution is 2.37. The summed E-state index contributed by atoms with van der Waals surface area (Å²) in [4.78, 5) is 31.7. The Morgan fingerprint density at radius 3 is 1.94 bits per heavy atom. The summed E-state index contributed by atoms with van der Waals surface area (Å²) in [6, 6.07) is 3.39. The van der Waals surface area contributed by atoms with Gasteiger partial charge in [0.05, 0.1) is 25.6 Å². The van der Waals surface area contributed by atoms with Crippen LogP contribution in [0.3, 0.4) is 0 Å². The van der Waals surface area contributed by atoms with Crippen molar-refractivity contribution in [1.29, 1.82) is 0 Å². The number of fused-ring (bicyclic) bond motifs is 2. The summed E-state index contributed by atoms with van der Waals surface area (Å²) >= 11 is 0. The number of carbonyl (C=O) groups is 2. The van der Waals surface area contributed by atoms with E-state index < -0.39 is 11.9 Å². The van der Waals surface area contributed by atoms with Gasteiger partial charge in [-0.2, -0.15) is 0 Å². The molecule has 2 heterocycles. The number of ether oxygens (including phenoxy) is 4. The lowest BCUT2D eigenvalue weighted by molar-refractivity contribution is 0.0463. The fourth-order valence-corrected chi connectivity index (χ4v) is 3.79. The van der Waals surface area contributed by atoms with E-state index in [0.717, 1.165) is 34.5 Å². The van der Waals surface area contributed by atoms with E-state index in [1.54, 1.807) is 19.2 Å². The molecule has 2 aliphatic heterocycles.